The van der Waals surface area contributed by atoms with Crippen molar-refractivity contribution in [2.75, 3.05) is 17.4 Å². The van der Waals surface area contributed by atoms with Crippen LogP contribution in [-0.2, 0) is 32.6 Å². The molecule has 0 aliphatic heterocycles. The summed E-state index contributed by atoms with van der Waals surface area (Å²) < 4.78 is 29.3. The monoisotopic (exact) mass is 665 g/mol. The Morgan fingerprint density at radius 3 is 2.18 bits per heavy atom. The lowest BCUT2D eigenvalue weighted by Gasteiger charge is -2.34. The number of sulfonamides is 1. The van der Waals surface area contributed by atoms with Gasteiger partial charge in [0.2, 0.25) is 11.8 Å². The lowest BCUT2D eigenvalue weighted by molar-refractivity contribution is -0.140. The van der Waals surface area contributed by atoms with E-state index in [1.807, 2.05) is 75.4 Å². The van der Waals surface area contributed by atoms with Gasteiger partial charge >= 0.3 is 0 Å². The van der Waals surface area contributed by atoms with Crippen molar-refractivity contribution >= 4 is 50.7 Å². The van der Waals surface area contributed by atoms with Crippen LogP contribution in [0.3, 0.4) is 0 Å². The van der Waals surface area contributed by atoms with Gasteiger partial charge in [0.25, 0.3) is 10.0 Å². The molecule has 0 heterocycles. The van der Waals surface area contributed by atoms with Crippen LogP contribution < -0.4 is 9.62 Å². The number of rotatable bonds is 13. The van der Waals surface area contributed by atoms with Gasteiger partial charge in [-0.1, -0.05) is 108 Å². The maximum atomic E-state index is 14.5. The smallest absolute Gasteiger partial charge is 0.264 e. The summed E-state index contributed by atoms with van der Waals surface area (Å²) in [7, 11) is -4.30. The lowest BCUT2D eigenvalue weighted by atomic mass is 10.0. The van der Waals surface area contributed by atoms with Crippen molar-refractivity contribution in [3.63, 3.8) is 0 Å². The van der Waals surface area contributed by atoms with E-state index in [1.165, 1.54) is 29.2 Å². The van der Waals surface area contributed by atoms with Gasteiger partial charge in [0.1, 0.15) is 12.6 Å². The molecule has 2 amide bonds. The van der Waals surface area contributed by atoms with Crippen LogP contribution in [0.1, 0.15) is 35.6 Å². The molecule has 0 bridgehead atoms. The predicted molar refractivity (Wildman–Crippen MR) is 181 cm³/mol. The van der Waals surface area contributed by atoms with Crippen LogP contribution in [0.4, 0.5) is 5.69 Å². The Bertz CT molecular complexity index is 1730. The van der Waals surface area contributed by atoms with Gasteiger partial charge in [0, 0.05) is 24.5 Å². The maximum absolute atomic E-state index is 14.5. The van der Waals surface area contributed by atoms with Crippen molar-refractivity contribution in [3.8, 4) is 0 Å². The summed E-state index contributed by atoms with van der Waals surface area (Å²) in [6.45, 7) is 5.65. The molecule has 7 nitrogen and oxygen atoms in total. The van der Waals surface area contributed by atoms with Gasteiger partial charge in [-0.25, -0.2) is 8.42 Å². The molecule has 0 aliphatic rings. The first kappa shape index (κ1) is 34.0. The minimum atomic E-state index is -4.30. The molecule has 4 aromatic rings. The average Bonchev–Trinajstić information content (AvgIpc) is 3.02. The molecule has 0 spiro atoms. The fourth-order valence-corrected chi connectivity index (χ4v) is 6.82. The SMILES string of the molecule is CCCNC(=O)[C@@H](Cc1ccccc1)N(Cc1cccc(C)c1)C(=O)CN(c1cc(Cl)ccc1Cl)S(=O)(=O)c1ccc(C)cc1. The summed E-state index contributed by atoms with van der Waals surface area (Å²) in [5.74, 6) is -0.897. The second kappa shape index (κ2) is 15.4. The summed E-state index contributed by atoms with van der Waals surface area (Å²) in [4.78, 5) is 29.7. The van der Waals surface area contributed by atoms with Crippen LogP contribution in [0.25, 0.3) is 0 Å². The second-order valence-corrected chi connectivity index (χ2v) is 13.6. The zero-order valence-electron chi connectivity index (χ0n) is 25.5. The normalized spacial score (nSPS) is 11.9. The lowest BCUT2D eigenvalue weighted by Crippen LogP contribution is -2.53. The first-order valence-corrected chi connectivity index (χ1v) is 16.9. The number of halogens is 2. The maximum Gasteiger partial charge on any atom is 0.264 e. The first-order valence-electron chi connectivity index (χ1n) is 14.7. The molecule has 1 atom stereocenters. The molecular weight excluding hydrogens is 629 g/mol. The molecule has 0 radical (unpaired) electrons. The molecule has 0 aromatic heterocycles. The van der Waals surface area contributed by atoms with E-state index < -0.39 is 28.5 Å². The highest BCUT2D eigenvalue weighted by molar-refractivity contribution is 7.92. The van der Waals surface area contributed by atoms with Gasteiger partial charge in [-0.15, -0.1) is 0 Å². The number of anilines is 1. The molecule has 45 heavy (non-hydrogen) atoms. The zero-order chi connectivity index (χ0) is 32.6. The molecule has 10 heteroatoms. The van der Waals surface area contributed by atoms with E-state index >= 15 is 0 Å². The van der Waals surface area contributed by atoms with Crippen molar-refractivity contribution in [2.45, 2.75) is 51.1 Å². The van der Waals surface area contributed by atoms with Crippen LogP contribution in [0.5, 0.6) is 0 Å². The molecule has 0 unspecified atom stereocenters. The molecule has 0 saturated heterocycles. The highest BCUT2D eigenvalue weighted by atomic mass is 35.5. The Morgan fingerprint density at radius 1 is 0.822 bits per heavy atom. The number of nitrogens with zero attached hydrogens (tertiary/aromatic N) is 2. The van der Waals surface area contributed by atoms with E-state index in [-0.39, 0.29) is 39.5 Å². The van der Waals surface area contributed by atoms with Gasteiger partial charge in [-0.2, -0.15) is 0 Å². The Morgan fingerprint density at radius 2 is 1.51 bits per heavy atom. The molecule has 4 rings (SSSR count). The van der Waals surface area contributed by atoms with Crippen LogP contribution >= 0.6 is 23.2 Å². The van der Waals surface area contributed by atoms with Crippen molar-refractivity contribution in [3.05, 3.63) is 129 Å². The third kappa shape index (κ3) is 8.87. The standard InChI is InChI=1S/C35H37Cl2N3O4S/c1-4-19-38-35(42)33(21-27-10-6-5-7-11-27)39(23-28-12-8-9-26(3)20-28)34(41)24-40(32-22-29(36)15-18-31(32)37)45(43,44)30-16-13-25(2)14-17-30/h5-18,20,22,33H,4,19,21,23-24H2,1-3H3,(H,38,42)/t33-/m1/s1. The summed E-state index contributed by atoms with van der Waals surface area (Å²) in [6.07, 6.45) is 0.946. The number of hydrogen-bond acceptors (Lipinski definition) is 4. The molecule has 0 aliphatic carbocycles. The van der Waals surface area contributed by atoms with E-state index in [2.05, 4.69) is 5.32 Å². The Balaban J connectivity index is 1.83. The summed E-state index contributed by atoms with van der Waals surface area (Å²) in [6, 6.07) is 27.0. The number of carbonyl (C=O) groups excluding carboxylic acids is 2. The quantitative estimate of drug-likeness (QED) is 0.167. The largest absolute Gasteiger partial charge is 0.354 e. The number of amides is 2. The van der Waals surface area contributed by atoms with Gasteiger partial charge in [-0.3, -0.25) is 13.9 Å². The first-order chi connectivity index (χ1) is 21.5. The van der Waals surface area contributed by atoms with E-state index in [1.54, 1.807) is 18.2 Å². The third-order valence-corrected chi connectivity index (χ3v) is 9.65. The highest BCUT2D eigenvalue weighted by Gasteiger charge is 2.35. The average molecular weight is 667 g/mol. The van der Waals surface area contributed by atoms with Crippen molar-refractivity contribution in [1.29, 1.82) is 0 Å². The minimum absolute atomic E-state index is 0.0105. The third-order valence-electron chi connectivity index (χ3n) is 7.32. The number of nitrogens with one attached hydrogen (secondary N) is 1. The van der Waals surface area contributed by atoms with Crippen molar-refractivity contribution in [2.24, 2.45) is 0 Å². The van der Waals surface area contributed by atoms with Crippen LogP contribution in [0.2, 0.25) is 10.0 Å². The number of aryl methyl sites for hydroxylation is 2. The summed E-state index contributed by atoms with van der Waals surface area (Å²) >= 11 is 12.8. The minimum Gasteiger partial charge on any atom is -0.354 e. The van der Waals surface area contributed by atoms with Crippen LogP contribution in [-0.4, -0.2) is 44.3 Å². The molecule has 0 fully saturated rings. The highest BCUT2D eigenvalue weighted by Crippen LogP contribution is 2.33. The second-order valence-electron chi connectivity index (χ2n) is 10.9. The predicted octanol–water partition coefficient (Wildman–Crippen LogP) is 6.97. The Hall–Kier alpha value is -3.85. The summed E-state index contributed by atoms with van der Waals surface area (Å²) in [5.41, 5.74) is 3.59. The van der Waals surface area contributed by atoms with Gasteiger partial charge in [-0.05, 0) is 61.7 Å². The van der Waals surface area contributed by atoms with E-state index in [0.717, 1.165) is 26.6 Å². The number of hydrogen-bond donors (Lipinski definition) is 1. The van der Waals surface area contributed by atoms with Crippen molar-refractivity contribution < 1.29 is 18.0 Å². The molecule has 1 N–H and O–H groups in total. The van der Waals surface area contributed by atoms with Crippen LogP contribution in [0.15, 0.2) is 102 Å². The van der Waals surface area contributed by atoms with E-state index in [9.17, 15) is 18.0 Å². The topological polar surface area (TPSA) is 86.8 Å². The molecule has 4 aromatic carbocycles. The van der Waals surface area contributed by atoms with Gasteiger partial charge < -0.3 is 10.2 Å². The van der Waals surface area contributed by atoms with Gasteiger partial charge in [0.15, 0.2) is 0 Å². The fourth-order valence-electron chi connectivity index (χ4n) is 4.95. The number of benzene rings is 4. The summed E-state index contributed by atoms with van der Waals surface area (Å²) in [5, 5.41) is 3.30. The molecular formula is C35H37Cl2N3O4S. The number of carbonyl (C=O) groups is 2. The Labute approximate surface area is 275 Å². The molecule has 0 saturated carbocycles. The Kier molecular flexibility index (Phi) is 11.7. The van der Waals surface area contributed by atoms with E-state index in [4.69, 9.17) is 23.2 Å². The van der Waals surface area contributed by atoms with Crippen molar-refractivity contribution in [1.82, 2.24) is 10.2 Å². The fraction of sp³-hybridized carbons (Fsp3) is 0.257. The van der Waals surface area contributed by atoms with Crippen LogP contribution in [0, 0.1) is 13.8 Å². The van der Waals surface area contributed by atoms with E-state index in [0.29, 0.717) is 13.0 Å². The van der Waals surface area contributed by atoms with Gasteiger partial charge in [0.05, 0.1) is 15.6 Å². The zero-order valence-corrected chi connectivity index (χ0v) is 27.9. The molecule has 236 valence electrons.